The fraction of sp³-hybridized carbons (Fsp3) is 0.259. The maximum Gasteiger partial charge on any atom is 0.291 e. The van der Waals surface area contributed by atoms with Crippen molar-refractivity contribution >= 4 is 11.6 Å². The van der Waals surface area contributed by atoms with Gasteiger partial charge in [-0.25, -0.2) is 9.37 Å². The highest BCUT2D eigenvalue weighted by molar-refractivity contribution is 6.03. The van der Waals surface area contributed by atoms with Crippen LogP contribution < -0.4 is 14.8 Å². The van der Waals surface area contributed by atoms with Gasteiger partial charge in [0, 0.05) is 28.9 Å². The van der Waals surface area contributed by atoms with Crippen molar-refractivity contribution in [3.63, 3.8) is 0 Å². The summed E-state index contributed by atoms with van der Waals surface area (Å²) in [6.07, 6.45) is 7.66. The molecule has 1 aliphatic carbocycles. The third-order valence-corrected chi connectivity index (χ3v) is 6.37. The highest BCUT2D eigenvalue weighted by atomic mass is 19.1. The number of anilines is 1. The summed E-state index contributed by atoms with van der Waals surface area (Å²) in [5.41, 5.74) is 3.54. The van der Waals surface area contributed by atoms with E-state index in [4.69, 9.17) is 18.9 Å². The van der Waals surface area contributed by atoms with Gasteiger partial charge in [-0.3, -0.25) is 4.79 Å². The Kier molecular flexibility index (Phi) is 6.27. The molecule has 1 amide bonds. The molecule has 0 bridgehead atoms. The van der Waals surface area contributed by atoms with Crippen LogP contribution in [0.5, 0.6) is 11.5 Å². The number of hydrogen-bond acceptors (Lipinski definition) is 5. The Morgan fingerprint density at radius 3 is 2.54 bits per heavy atom. The molecule has 0 aliphatic heterocycles. The first kappa shape index (κ1) is 22.7. The maximum absolute atomic E-state index is 13.7. The molecule has 2 aromatic carbocycles. The molecule has 4 aromatic rings. The predicted octanol–water partition coefficient (Wildman–Crippen LogP) is 6.33. The van der Waals surface area contributed by atoms with Crippen molar-refractivity contribution in [2.45, 2.75) is 31.7 Å². The second-order valence-corrected chi connectivity index (χ2v) is 8.48. The van der Waals surface area contributed by atoms with Gasteiger partial charge < -0.3 is 23.8 Å². The Hall–Kier alpha value is -4.07. The van der Waals surface area contributed by atoms with E-state index in [1.807, 2.05) is 12.4 Å². The Balaban J connectivity index is 1.69. The van der Waals surface area contributed by atoms with Crippen LogP contribution in [-0.4, -0.2) is 29.7 Å². The number of halogens is 1. The molecule has 180 valence electrons. The van der Waals surface area contributed by atoms with Crippen molar-refractivity contribution in [1.82, 2.24) is 9.55 Å². The van der Waals surface area contributed by atoms with E-state index >= 15 is 0 Å². The third kappa shape index (κ3) is 4.39. The van der Waals surface area contributed by atoms with Gasteiger partial charge in [0.05, 0.1) is 38.2 Å². The van der Waals surface area contributed by atoms with Crippen molar-refractivity contribution in [3.05, 3.63) is 72.7 Å². The Labute approximate surface area is 202 Å². The van der Waals surface area contributed by atoms with E-state index in [-0.39, 0.29) is 23.5 Å². The normalized spacial score (nSPS) is 13.7. The van der Waals surface area contributed by atoms with E-state index in [1.54, 1.807) is 44.6 Å². The minimum atomic E-state index is -0.378. The van der Waals surface area contributed by atoms with Gasteiger partial charge in [-0.1, -0.05) is 12.8 Å². The molecule has 2 heterocycles. The van der Waals surface area contributed by atoms with E-state index < -0.39 is 0 Å². The zero-order valence-corrected chi connectivity index (χ0v) is 19.6. The number of hydrogen-bond donors (Lipinski definition) is 1. The molecule has 0 spiro atoms. The van der Waals surface area contributed by atoms with E-state index in [0.717, 1.165) is 36.9 Å². The molecule has 2 aromatic heterocycles. The van der Waals surface area contributed by atoms with E-state index in [9.17, 15) is 9.18 Å². The number of benzene rings is 2. The van der Waals surface area contributed by atoms with Crippen LogP contribution in [0.25, 0.3) is 22.5 Å². The quantitative estimate of drug-likeness (QED) is 0.338. The number of carbonyl (C=O) groups excluding carboxylic acids is 1. The van der Waals surface area contributed by atoms with Crippen LogP contribution in [0, 0.1) is 5.82 Å². The number of amides is 1. The average Bonchev–Trinajstić information content (AvgIpc) is 3.65. The molecule has 0 unspecified atom stereocenters. The van der Waals surface area contributed by atoms with E-state index in [1.165, 1.54) is 18.4 Å². The minimum absolute atomic E-state index is 0.198. The molecule has 7 nitrogen and oxygen atoms in total. The molecular weight excluding hydrogens is 449 g/mol. The van der Waals surface area contributed by atoms with Crippen LogP contribution in [0.3, 0.4) is 0 Å². The fourth-order valence-corrected chi connectivity index (χ4v) is 4.72. The number of nitrogens with zero attached hydrogens (tertiary/aromatic N) is 2. The van der Waals surface area contributed by atoms with Gasteiger partial charge in [-0.15, -0.1) is 0 Å². The summed E-state index contributed by atoms with van der Waals surface area (Å²) in [4.78, 5) is 17.4. The number of methoxy groups -OCH3 is 2. The Morgan fingerprint density at radius 2 is 1.89 bits per heavy atom. The predicted molar refractivity (Wildman–Crippen MR) is 130 cm³/mol. The molecule has 1 saturated carbocycles. The zero-order chi connectivity index (χ0) is 24.4. The van der Waals surface area contributed by atoms with Crippen molar-refractivity contribution in [2.24, 2.45) is 0 Å². The molecular formula is C27H26FN3O4. The highest BCUT2D eigenvalue weighted by Crippen LogP contribution is 2.46. The number of rotatable bonds is 7. The summed E-state index contributed by atoms with van der Waals surface area (Å²) in [7, 11) is 3.13. The van der Waals surface area contributed by atoms with Crippen LogP contribution in [-0.2, 0) is 0 Å². The van der Waals surface area contributed by atoms with Crippen LogP contribution in [0.4, 0.5) is 10.1 Å². The summed E-state index contributed by atoms with van der Waals surface area (Å²) >= 11 is 0. The SMILES string of the molecule is COc1cc(NC(=O)c2ccco2)cc(-c2c(-c3ccc(F)cc3)ncn2C2CCCC2)c1OC. The molecule has 1 fully saturated rings. The minimum Gasteiger partial charge on any atom is -0.493 e. The Morgan fingerprint density at radius 1 is 1.11 bits per heavy atom. The summed E-state index contributed by atoms with van der Waals surface area (Å²) in [6.45, 7) is 0. The van der Waals surface area contributed by atoms with Crippen LogP contribution >= 0.6 is 0 Å². The van der Waals surface area contributed by atoms with Gasteiger partial charge >= 0.3 is 0 Å². The summed E-state index contributed by atoms with van der Waals surface area (Å²) in [5, 5.41) is 2.88. The molecule has 1 aliphatic rings. The van der Waals surface area contributed by atoms with Gasteiger partial charge in [-0.05, 0) is 55.3 Å². The lowest BCUT2D eigenvalue weighted by Crippen LogP contribution is -2.12. The molecule has 8 heteroatoms. The lowest BCUT2D eigenvalue weighted by molar-refractivity contribution is 0.0996. The number of aromatic nitrogens is 2. The molecule has 35 heavy (non-hydrogen) atoms. The largest absolute Gasteiger partial charge is 0.493 e. The topological polar surface area (TPSA) is 78.5 Å². The standard InChI is InChI=1S/C27H26FN3O4/c1-33-23-15-19(30-27(32)22-8-5-13-35-22)14-21(26(23)34-2)25-24(17-9-11-18(28)12-10-17)29-16-31(25)20-6-3-4-7-20/h5,8-16,20H,3-4,6-7H2,1-2H3,(H,30,32). The molecule has 0 atom stereocenters. The second kappa shape index (κ2) is 9.66. The van der Waals surface area contributed by atoms with Gasteiger partial charge in [0.15, 0.2) is 17.3 Å². The number of furan rings is 1. The number of ether oxygens (including phenoxy) is 2. The average molecular weight is 476 g/mol. The lowest BCUT2D eigenvalue weighted by Gasteiger charge is -2.20. The van der Waals surface area contributed by atoms with E-state index in [2.05, 4.69) is 9.88 Å². The third-order valence-electron chi connectivity index (χ3n) is 6.37. The van der Waals surface area contributed by atoms with Crippen LogP contribution in [0.1, 0.15) is 42.3 Å². The van der Waals surface area contributed by atoms with Gasteiger partial charge in [0.25, 0.3) is 5.91 Å². The summed E-state index contributed by atoms with van der Waals surface area (Å²) in [5.74, 6) is 0.489. The van der Waals surface area contributed by atoms with Crippen molar-refractivity contribution in [3.8, 4) is 34.0 Å². The zero-order valence-electron chi connectivity index (χ0n) is 19.6. The number of carbonyl (C=O) groups is 1. The fourth-order valence-electron chi connectivity index (χ4n) is 4.72. The smallest absolute Gasteiger partial charge is 0.291 e. The first-order chi connectivity index (χ1) is 17.1. The molecule has 5 rings (SSSR count). The Bertz CT molecular complexity index is 1320. The highest BCUT2D eigenvalue weighted by Gasteiger charge is 2.27. The molecule has 0 saturated heterocycles. The van der Waals surface area contributed by atoms with Gasteiger partial charge in [0.2, 0.25) is 0 Å². The first-order valence-electron chi connectivity index (χ1n) is 11.5. The summed E-state index contributed by atoms with van der Waals surface area (Å²) < 4.78 is 32.5. The summed E-state index contributed by atoms with van der Waals surface area (Å²) in [6, 6.07) is 13.4. The number of imidazole rings is 1. The number of nitrogens with one attached hydrogen (secondary N) is 1. The molecule has 0 radical (unpaired) electrons. The monoisotopic (exact) mass is 475 g/mol. The van der Waals surface area contributed by atoms with Crippen LogP contribution in [0.2, 0.25) is 0 Å². The van der Waals surface area contributed by atoms with Gasteiger partial charge in [-0.2, -0.15) is 0 Å². The second-order valence-electron chi connectivity index (χ2n) is 8.48. The maximum atomic E-state index is 13.7. The lowest BCUT2D eigenvalue weighted by atomic mass is 10.0. The van der Waals surface area contributed by atoms with Crippen LogP contribution in [0.15, 0.2) is 65.5 Å². The van der Waals surface area contributed by atoms with E-state index in [0.29, 0.717) is 28.4 Å². The van der Waals surface area contributed by atoms with Crippen molar-refractivity contribution < 1.29 is 23.1 Å². The van der Waals surface area contributed by atoms with Crippen molar-refractivity contribution in [1.29, 1.82) is 0 Å². The molecule has 1 N–H and O–H groups in total. The van der Waals surface area contributed by atoms with Crippen molar-refractivity contribution in [2.75, 3.05) is 19.5 Å². The van der Waals surface area contributed by atoms with Gasteiger partial charge in [0.1, 0.15) is 5.82 Å². The first-order valence-corrected chi connectivity index (χ1v) is 11.5.